The zero-order valence-electron chi connectivity index (χ0n) is 12.6. The molecule has 0 bridgehead atoms. The summed E-state index contributed by atoms with van der Waals surface area (Å²) in [6.45, 7) is 0.883. The normalized spacial score (nSPS) is 21.8. The van der Waals surface area contributed by atoms with Gasteiger partial charge in [-0.1, -0.05) is 59.8 Å². The number of carbonyl (C=O) groups is 1. The Balaban J connectivity index is 1.86. The van der Waals surface area contributed by atoms with Crippen LogP contribution in [0.2, 0.25) is 0 Å². The minimum atomic E-state index is 0.261. The van der Waals surface area contributed by atoms with E-state index in [1.807, 2.05) is 0 Å². The van der Waals surface area contributed by atoms with Gasteiger partial charge in [-0.05, 0) is 36.3 Å². The van der Waals surface area contributed by atoms with Crippen molar-refractivity contribution < 1.29 is 4.79 Å². The molecular formula is C18H24BrNO. The first kappa shape index (κ1) is 15.1. The van der Waals surface area contributed by atoms with Crippen LogP contribution in [-0.2, 0) is 11.2 Å². The Labute approximate surface area is 136 Å². The molecule has 0 spiro atoms. The molecule has 1 aromatic carbocycles. The summed E-state index contributed by atoms with van der Waals surface area (Å²) >= 11 is 3.75. The van der Waals surface area contributed by atoms with Gasteiger partial charge in [0.2, 0.25) is 5.91 Å². The molecule has 114 valence electrons. The lowest BCUT2D eigenvalue weighted by Crippen LogP contribution is -2.44. The zero-order chi connectivity index (χ0) is 14.7. The first-order chi connectivity index (χ1) is 10.2. The standard InChI is InChI=1S/C18H24BrNO/c19-13-18(11-5-1-2-6-12-18)14-20-16-8-4-3-7-15(16)9-10-17(20)21/h3-4,7-8H,1-2,5-6,9-14H2. The van der Waals surface area contributed by atoms with Crippen molar-refractivity contribution in [2.75, 3.05) is 16.8 Å². The first-order valence-electron chi connectivity index (χ1n) is 8.18. The maximum Gasteiger partial charge on any atom is 0.227 e. The third-order valence-corrected chi connectivity index (χ3v) is 6.32. The van der Waals surface area contributed by atoms with Crippen LogP contribution in [0.4, 0.5) is 5.69 Å². The average Bonchev–Trinajstić information content (AvgIpc) is 2.76. The van der Waals surface area contributed by atoms with Crippen LogP contribution in [0.3, 0.4) is 0 Å². The highest BCUT2D eigenvalue weighted by molar-refractivity contribution is 9.09. The van der Waals surface area contributed by atoms with Crippen LogP contribution in [0.25, 0.3) is 0 Å². The first-order valence-corrected chi connectivity index (χ1v) is 9.30. The molecule has 1 fully saturated rings. The maximum atomic E-state index is 12.5. The molecule has 0 aromatic heterocycles. The van der Waals surface area contributed by atoms with Gasteiger partial charge < -0.3 is 4.90 Å². The van der Waals surface area contributed by atoms with Crippen molar-refractivity contribution in [3.63, 3.8) is 0 Å². The summed E-state index contributed by atoms with van der Waals surface area (Å²) in [5.41, 5.74) is 2.74. The molecule has 1 amide bonds. The number of rotatable bonds is 3. The molecule has 3 rings (SSSR count). The second-order valence-electron chi connectivity index (χ2n) is 6.66. The van der Waals surface area contributed by atoms with E-state index in [1.54, 1.807) is 0 Å². The van der Waals surface area contributed by atoms with Crippen LogP contribution >= 0.6 is 15.9 Å². The topological polar surface area (TPSA) is 20.3 Å². The molecular weight excluding hydrogens is 326 g/mol. The fourth-order valence-corrected chi connectivity index (χ4v) is 4.56. The summed E-state index contributed by atoms with van der Waals surface area (Å²) in [5, 5.41) is 1.01. The van der Waals surface area contributed by atoms with Gasteiger partial charge in [0, 0.05) is 24.0 Å². The molecule has 3 heteroatoms. The van der Waals surface area contributed by atoms with Gasteiger partial charge in [0.1, 0.15) is 0 Å². The summed E-state index contributed by atoms with van der Waals surface area (Å²) in [6, 6.07) is 8.42. The van der Waals surface area contributed by atoms with Gasteiger partial charge in [-0.15, -0.1) is 0 Å². The average molecular weight is 350 g/mol. The Morgan fingerprint density at radius 3 is 2.48 bits per heavy atom. The monoisotopic (exact) mass is 349 g/mol. The number of hydrogen-bond donors (Lipinski definition) is 0. The molecule has 1 aromatic rings. The number of fused-ring (bicyclic) bond motifs is 1. The van der Waals surface area contributed by atoms with Crippen LogP contribution in [0, 0.1) is 5.41 Å². The van der Waals surface area contributed by atoms with E-state index < -0.39 is 0 Å². The Morgan fingerprint density at radius 1 is 1.05 bits per heavy atom. The van der Waals surface area contributed by atoms with Crippen molar-refractivity contribution in [3.05, 3.63) is 29.8 Å². The molecule has 1 aliphatic carbocycles. The van der Waals surface area contributed by atoms with Crippen LogP contribution in [0.15, 0.2) is 24.3 Å². The number of anilines is 1. The van der Waals surface area contributed by atoms with Gasteiger partial charge in [0.15, 0.2) is 0 Å². The van der Waals surface area contributed by atoms with Crippen LogP contribution < -0.4 is 4.90 Å². The molecule has 0 atom stereocenters. The van der Waals surface area contributed by atoms with Crippen molar-refractivity contribution in [3.8, 4) is 0 Å². The van der Waals surface area contributed by atoms with E-state index in [0.29, 0.717) is 12.3 Å². The predicted molar refractivity (Wildman–Crippen MR) is 91.0 cm³/mol. The quantitative estimate of drug-likeness (QED) is 0.572. The summed E-state index contributed by atoms with van der Waals surface area (Å²) in [4.78, 5) is 14.6. The van der Waals surface area contributed by atoms with Crippen molar-refractivity contribution in [2.45, 2.75) is 51.4 Å². The molecule has 2 aliphatic rings. The molecule has 1 saturated carbocycles. The van der Waals surface area contributed by atoms with Crippen LogP contribution in [0.5, 0.6) is 0 Å². The molecule has 0 radical (unpaired) electrons. The summed E-state index contributed by atoms with van der Waals surface area (Å²) in [6.07, 6.45) is 9.33. The number of amides is 1. The van der Waals surface area contributed by atoms with Gasteiger partial charge in [-0.2, -0.15) is 0 Å². The highest BCUT2D eigenvalue weighted by Crippen LogP contribution is 2.40. The minimum absolute atomic E-state index is 0.261. The number of hydrogen-bond acceptors (Lipinski definition) is 1. The third kappa shape index (κ3) is 3.18. The lowest BCUT2D eigenvalue weighted by atomic mass is 9.81. The zero-order valence-corrected chi connectivity index (χ0v) is 14.2. The molecule has 0 N–H and O–H groups in total. The van der Waals surface area contributed by atoms with E-state index in [1.165, 1.54) is 44.1 Å². The van der Waals surface area contributed by atoms with E-state index in [-0.39, 0.29) is 5.41 Å². The maximum absolute atomic E-state index is 12.5. The highest BCUT2D eigenvalue weighted by atomic mass is 79.9. The fraction of sp³-hybridized carbons (Fsp3) is 0.611. The highest BCUT2D eigenvalue weighted by Gasteiger charge is 2.35. The Bertz CT molecular complexity index is 506. The van der Waals surface area contributed by atoms with Gasteiger partial charge in [0.05, 0.1) is 0 Å². The van der Waals surface area contributed by atoms with Crippen molar-refractivity contribution in [2.24, 2.45) is 5.41 Å². The Hall–Kier alpha value is -0.830. The van der Waals surface area contributed by atoms with Crippen molar-refractivity contribution in [1.29, 1.82) is 0 Å². The number of nitrogens with zero attached hydrogens (tertiary/aromatic N) is 1. The number of aryl methyl sites for hydroxylation is 1. The van der Waals surface area contributed by atoms with Gasteiger partial charge >= 0.3 is 0 Å². The van der Waals surface area contributed by atoms with E-state index in [9.17, 15) is 4.79 Å². The molecule has 0 saturated heterocycles. The summed E-state index contributed by atoms with van der Waals surface area (Å²) in [7, 11) is 0. The number of halogens is 1. The predicted octanol–water partition coefficient (Wildman–Crippen LogP) is 4.70. The fourth-order valence-electron chi connectivity index (χ4n) is 3.82. The van der Waals surface area contributed by atoms with Crippen molar-refractivity contribution in [1.82, 2.24) is 0 Å². The van der Waals surface area contributed by atoms with Crippen molar-refractivity contribution >= 4 is 27.5 Å². The van der Waals surface area contributed by atoms with Crippen LogP contribution in [-0.4, -0.2) is 17.8 Å². The van der Waals surface area contributed by atoms with Gasteiger partial charge in [-0.25, -0.2) is 0 Å². The summed E-state index contributed by atoms with van der Waals surface area (Å²) < 4.78 is 0. The smallest absolute Gasteiger partial charge is 0.227 e. The lowest BCUT2D eigenvalue weighted by molar-refractivity contribution is -0.119. The second kappa shape index (κ2) is 6.51. The summed E-state index contributed by atoms with van der Waals surface area (Å²) in [5.74, 6) is 0.304. The molecule has 0 unspecified atom stereocenters. The lowest BCUT2D eigenvalue weighted by Gasteiger charge is -2.39. The molecule has 2 nitrogen and oxygen atoms in total. The van der Waals surface area contributed by atoms with E-state index in [0.717, 1.165) is 24.0 Å². The van der Waals surface area contributed by atoms with Crippen LogP contribution in [0.1, 0.15) is 50.5 Å². The van der Waals surface area contributed by atoms with E-state index >= 15 is 0 Å². The molecule has 1 aliphatic heterocycles. The SMILES string of the molecule is O=C1CCc2ccccc2N1CC1(CBr)CCCCCC1. The van der Waals surface area contributed by atoms with E-state index in [4.69, 9.17) is 0 Å². The second-order valence-corrected chi connectivity index (χ2v) is 7.22. The minimum Gasteiger partial charge on any atom is -0.312 e. The van der Waals surface area contributed by atoms with Gasteiger partial charge in [0.25, 0.3) is 0 Å². The number of carbonyl (C=O) groups excluding carboxylic acids is 1. The third-order valence-electron chi connectivity index (χ3n) is 5.13. The Kier molecular flexibility index (Phi) is 4.68. The molecule has 21 heavy (non-hydrogen) atoms. The Morgan fingerprint density at radius 2 is 1.76 bits per heavy atom. The van der Waals surface area contributed by atoms with Gasteiger partial charge in [-0.3, -0.25) is 4.79 Å². The molecule has 1 heterocycles. The largest absolute Gasteiger partial charge is 0.312 e. The number of para-hydroxylation sites is 1. The number of alkyl halides is 1. The van der Waals surface area contributed by atoms with E-state index in [2.05, 4.69) is 45.1 Å². The number of benzene rings is 1.